The first-order valence-corrected chi connectivity index (χ1v) is 9.68. The highest BCUT2D eigenvalue weighted by molar-refractivity contribution is 7.17. The number of ether oxygens (including phenoxy) is 1. The Morgan fingerprint density at radius 3 is 2.92 bits per heavy atom. The topological polar surface area (TPSA) is 72.0 Å². The largest absolute Gasteiger partial charge is 0.457 e. The van der Waals surface area contributed by atoms with Crippen molar-refractivity contribution in [2.24, 2.45) is 11.8 Å². The van der Waals surface area contributed by atoms with Gasteiger partial charge in [0.25, 0.3) is 5.56 Å². The monoisotopic (exact) mass is 348 g/mol. The number of unbranched alkanes of at least 4 members (excludes halogenated alkanes) is 1. The Labute approximate surface area is 145 Å². The fourth-order valence-corrected chi connectivity index (χ4v) is 4.15. The van der Waals surface area contributed by atoms with E-state index in [1.165, 1.54) is 30.6 Å². The maximum atomic E-state index is 12.3. The molecular weight excluding hydrogens is 324 g/mol. The standard InChI is InChI=1S/C18H24N2O3S/c1-2-3-4-12-5-7-13(8-6-12)18(22)23-11-15-19-14-9-10-24-16(14)17(21)20-15/h9-10,12-13H,2-8,11H2,1H3,(H,19,20,21). The van der Waals surface area contributed by atoms with Crippen LogP contribution in [0.15, 0.2) is 16.2 Å². The second-order valence-corrected chi connectivity index (χ2v) is 7.53. The third kappa shape index (κ3) is 4.04. The van der Waals surface area contributed by atoms with Gasteiger partial charge in [-0.05, 0) is 43.0 Å². The molecule has 1 saturated carbocycles. The van der Waals surface area contributed by atoms with Gasteiger partial charge < -0.3 is 9.72 Å². The molecule has 0 spiro atoms. The van der Waals surface area contributed by atoms with Crippen LogP contribution in [0.3, 0.4) is 0 Å². The van der Waals surface area contributed by atoms with Crippen molar-refractivity contribution in [3.63, 3.8) is 0 Å². The minimum Gasteiger partial charge on any atom is -0.457 e. The summed E-state index contributed by atoms with van der Waals surface area (Å²) in [5.74, 6) is 1.03. The number of thiophene rings is 1. The summed E-state index contributed by atoms with van der Waals surface area (Å²) in [5.41, 5.74) is 0.490. The minimum absolute atomic E-state index is 0.000484. The predicted octanol–water partition coefficient (Wildman–Crippen LogP) is 4.02. The van der Waals surface area contributed by atoms with Crippen molar-refractivity contribution in [1.82, 2.24) is 9.97 Å². The van der Waals surface area contributed by atoms with Gasteiger partial charge in [0.1, 0.15) is 17.1 Å². The number of hydrogen-bond acceptors (Lipinski definition) is 5. The van der Waals surface area contributed by atoms with Gasteiger partial charge in [0.2, 0.25) is 0 Å². The van der Waals surface area contributed by atoms with E-state index in [0.717, 1.165) is 31.6 Å². The molecule has 2 heterocycles. The van der Waals surface area contributed by atoms with E-state index in [0.29, 0.717) is 16.0 Å². The summed E-state index contributed by atoms with van der Waals surface area (Å²) >= 11 is 1.36. The Kier molecular flexibility index (Phi) is 5.66. The Morgan fingerprint density at radius 2 is 2.17 bits per heavy atom. The normalized spacial score (nSPS) is 21.0. The smallest absolute Gasteiger partial charge is 0.309 e. The van der Waals surface area contributed by atoms with Gasteiger partial charge in [0.05, 0.1) is 11.4 Å². The maximum absolute atomic E-state index is 12.3. The number of esters is 1. The van der Waals surface area contributed by atoms with Gasteiger partial charge >= 0.3 is 5.97 Å². The molecule has 2 aromatic heterocycles. The van der Waals surface area contributed by atoms with Crippen LogP contribution in [-0.2, 0) is 16.1 Å². The lowest BCUT2D eigenvalue weighted by atomic mass is 9.80. The Morgan fingerprint density at radius 1 is 1.38 bits per heavy atom. The first-order valence-electron chi connectivity index (χ1n) is 8.80. The van der Waals surface area contributed by atoms with E-state index in [9.17, 15) is 9.59 Å². The van der Waals surface area contributed by atoms with Crippen molar-refractivity contribution in [3.8, 4) is 0 Å². The molecule has 24 heavy (non-hydrogen) atoms. The van der Waals surface area contributed by atoms with E-state index in [1.54, 1.807) is 6.07 Å². The van der Waals surface area contributed by atoms with Gasteiger partial charge in [-0.15, -0.1) is 11.3 Å². The molecule has 0 unspecified atom stereocenters. The van der Waals surface area contributed by atoms with Crippen molar-refractivity contribution in [2.75, 3.05) is 0 Å². The van der Waals surface area contributed by atoms with E-state index in [2.05, 4.69) is 16.9 Å². The van der Waals surface area contributed by atoms with Crippen LogP contribution < -0.4 is 5.56 Å². The SMILES string of the molecule is CCCCC1CCC(C(=O)OCc2nc3ccsc3c(=O)[nH]2)CC1. The fraction of sp³-hybridized carbons (Fsp3) is 0.611. The number of aromatic amines is 1. The summed E-state index contributed by atoms with van der Waals surface area (Å²) in [5, 5.41) is 1.83. The van der Waals surface area contributed by atoms with Crippen LogP contribution in [0.25, 0.3) is 10.2 Å². The third-order valence-electron chi connectivity index (χ3n) is 4.86. The van der Waals surface area contributed by atoms with Crippen molar-refractivity contribution in [3.05, 3.63) is 27.6 Å². The number of rotatable bonds is 6. The average Bonchev–Trinajstić information content (AvgIpc) is 3.07. The van der Waals surface area contributed by atoms with Crippen LogP contribution in [0.2, 0.25) is 0 Å². The summed E-state index contributed by atoms with van der Waals surface area (Å²) in [4.78, 5) is 31.2. The van der Waals surface area contributed by atoms with E-state index in [-0.39, 0.29) is 24.1 Å². The Bertz CT molecular complexity index is 744. The van der Waals surface area contributed by atoms with Crippen LogP contribution in [0.1, 0.15) is 57.7 Å². The van der Waals surface area contributed by atoms with Crippen LogP contribution in [-0.4, -0.2) is 15.9 Å². The maximum Gasteiger partial charge on any atom is 0.309 e. The lowest BCUT2D eigenvalue weighted by molar-refractivity contribution is -0.151. The van der Waals surface area contributed by atoms with Gasteiger partial charge in [-0.1, -0.05) is 26.2 Å². The van der Waals surface area contributed by atoms with Crippen LogP contribution in [0.5, 0.6) is 0 Å². The molecule has 0 atom stereocenters. The Balaban J connectivity index is 1.51. The highest BCUT2D eigenvalue weighted by atomic mass is 32.1. The number of nitrogens with one attached hydrogen (secondary N) is 1. The second-order valence-electron chi connectivity index (χ2n) is 6.62. The molecule has 1 aliphatic carbocycles. The molecular formula is C18H24N2O3S. The number of nitrogens with zero attached hydrogens (tertiary/aromatic N) is 1. The number of H-pyrrole nitrogens is 1. The van der Waals surface area contributed by atoms with E-state index >= 15 is 0 Å². The molecule has 6 heteroatoms. The molecule has 0 saturated heterocycles. The number of fused-ring (bicyclic) bond motifs is 1. The van der Waals surface area contributed by atoms with Gasteiger partial charge in [-0.3, -0.25) is 9.59 Å². The molecule has 0 aliphatic heterocycles. The molecule has 0 aromatic carbocycles. The molecule has 0 amide bonds. The summed E-state index contributed by atoms with van der Waals surface area (Å²) in [6.07, 6.45) is 7.88. The van der Waals surface area contributed by atoms with Crippen LogP contribution in [0, 0.1) is 11.8 Å². The molecule has 130 valence electrons. The summed E-state index contributed by atoms with van der Waals surface area (Å²) in [6, 6.07) is 1.80. The molecule has 2 aromatic rings. The second kappa shape index (κ2) is 7.92. The minimum atomic E-state index is -0.169. The molecule has 1 fully saturated rings. The lowest BCUT2D eigenvalue weighted by Crippen LogP contribution is -2.24. The average molecular weight is 348 g/mol. The van der Waals surface area contributed by atoms with E-state index < -0.39 is 0 Å². The van der Waals surface area contributed by atoms with E-state index in [4.69, 9.17) is 4.74 Å². The van der Waals surface area contributed by atoms with Crippen molar-refractivity contribution in [1.29, 1.82) is 0 Å². The quantitative estimate of drug-likeness (QED) is 0.800. The van der Waals surface area contributed by atoms with Gasteiger partial charge in [-0.25, -0.2) is 4.98 Å². The number of carbonyl (C=O) groups excluding carboxylic acids is 1. The van der Waals surface area contributed by atoms with Crippen LogP contribution >= 0.6 is 11.3 Å². The number of aromatic nitrogens is 2. The lowest BCUT2D eigenvalue weighted by Gasteiger charge is -2.27. The van der Waals surface area contributed by atoms with Crippen molar-refractivity contribution >= 4 is 27.5 Å². The zero-order valence-electron chi connectivity index (χ0n) is 14.0. The highest BCUT2D eigenvalue weighted by Crippen LogP contribution is 2.32. The van der Waals surface area contributed by atoms with Crippen LogP contribution in [0.4, 0.5) is 0 Å². The third-order valence-corrected chi connectivity index (χ3v) is 5.76. The zero-order chi connectivity index (χ0) is 16.9. The first-order chi connectivity index (χ1) is 11.7. The molecule has 1 N–H and O–H groups in total. The van der Waals surface area contributed by atoms with Gasteiger partial charge in [0, 0.05) is 0 Å². The number of hydrogen-bond donors (Lipinski definition) is 1. The number of carbonyl (C=O) groups is 1. The summed E-state index contributed by atoms with van der Waals surface area (Å²) in [6.45, 7) is 2.25. The molecule has 3 rings (SSSR count). The zero-order valence-corrected chi connectivity index (χ0v) is 14.9. The Hall–Kier alpha value is -1.69. The van der Waals surface area contributed by atoms with Gasteiger partial charge in [0.15, 0.2) is 0 Å². The summed E-state index contributed by atoms with van der Waals surface area (Å²) < 4.78 is 6.00. The predicted molar refractivity (Wildman–Crippen MR) is 95.0 cm³/mol. The van der Waals surface area contributed by atoms with Crippen molar-refractivity contribution in [2.45, 2.75) is 58.5 Å². The fourth-order valence-electron chi connectivity index (χ4n) is 3.43. The first kappa shape index (κ1) is 17.1. The van der Waals surface area contributed by atoms with E-state index in [1.807, 2.05) is 5.38 Å². The summed E-state index contributed by atoms with van der Waals surface area (Å²) in [7, 11) is 0. The highest BCUT2D eigenvalue weighted by Gasteiger charge is 2.27. The molecule has 1 aliphatic rings. The molecule has 0 radical (unpaired) electrons. The molecule has 5 nitrogen and oxygen atoms in total. The van der Waals surface area contributed by atoms with Gasteiger partial charge in [-0.2, -0.15) is 0 Å². The van der Waals surface area contributed by atoms with Crippen molar-refractivity contribution < 1.29 is 9.53 Å². The molecule has 0 bridgehead atoms.